The summed E-state index contributed by atoms with van der Waals surface area (Å²) in [6.07, 6.45) is 6.25. The summed E-state index contributed by atoms with van der Waals surface area (Å²) >= 11 is 0. The zero-order valence-corrected chi connectivity index (χ0v) is 10.5. The third-order valence-electron chi connectivity index (χ3n) is 3.60. The SMILES string of the molecule is CCn1ccnc1Cc1ccc2c(c1)CCC2=O. The first kappa shape index (κ1) is 11.2. The number of carbonyl (C=O) groups is 1. The summed E-state index contributed by atoms with van der Waals surface area (Å²) in [5, 5.41) is 0. The average molecular weight is 240 g/mol. The number of hydrogen-bond donors (Lipinski definition) is 0. The van der Waals surface area contributed by atoms with Crippen LogP contribution in [0.15, 0.2) is 30.6 Å². The first-order chi connectivity index (χ1) is 8.78. The molecule has 0 aliphatic heterocycles. The molecule has 3 rings (SSSR count). The lowest BCUT2D eigenvalue weighted by Crippen LogP contribution is -2.02. The van der Waals surface area contributed by atoms with Crippen molar-refractivity contribution in [2.45, 2.75) is 32.7 Å². The van der Waals surface area contributed by atoms with Crippen molar-refractivity contribution < 1.29 is 4.79 Å². The number of fused-ring (bicyclic) bond motifs is 1. The summed E-state index contributed by atoms with van der Waals surface area (Å²) in [5.74, 6) is 1.37. The molecule has 0 saturated heterocycles. The zero-order valence-electron chi connectivity index (χ0n) is 10.5. The minimum Gasteiger partial charge on any atom is -0.335 e. The van der Waals surface area contributed by atoms with Crippen LogP contribution in [0.5, 0.6) is 0 Å². The van der Waals surface area contributed by atoms with Crippen molar-refractivity contribution in [3.8, 4) is 0 Å². The Labute approximate surface area is 106 Å². The Hall–Kier alpha value is -1.90. The van der Waals surface area contributed by atoms with E-state index in [4.69, 9.17) is 0 Å². The van der Waals surface area contributed by atoms with Crippen molar-refractivity contribution in [3.63, 3.8) is 0 Å². The second-order valence-electron chi connectivity index (χ2n) is 4.72. The highest BCUT2D eigenvalue weighted by molar-refractivity contribution is 6.00. The summed E-state index contributed by atoms with van der Waals surface area (Å²) in [5.41, 5.74) is 3.36. The van der Waals surface area contributed by atoms with Gasteiger partial charge in [-0.15, -0.1) is 0 Å². The summed E-state index contributed by atoms with van der Waals surface area (Å²) in [4.78, 5) is 16.0. The monoisotopic (exact) mass is 240 g/mol. The first-order valence-electron chi connectivity index (χ1n) is 6.43. The number of benzene rings is 1. The molecule has 0 bridgehead atoms. The average Bonchev–Trinajstić information content (AvgIpc) is 2.97. The maximum Gasteiger partial charge on any atom is 0.163 e. The first-order valence-corrected chi connectivity index (χ1v) is 6.43. The van der Waals surface area contributed by atoms with Gasteiger partial charge in [0.05, 0.1) is 0 Å². The van der Waals surface area contributed by atoms with Gasteiger partial charge in [0.25, 0.3) is 0 Å². The maximum atomic E-state index is 11.6. The molecule has 0 unspecified atom stereocenters. The summed E-state index contributed by atoms with van der Waals surface area (Å²) in [6.45, 7) is 3.06. The number of ketones is 1. The molecule has 0 radical (unpaired) electrons. The third kappa shape index (κ3) is 1.86. The van der Waals surface area contributed by atoms with Gasteiger partial charge in [-0.05, 0) is 24.5 Å². The van der Waals surface area contributed by atoms with Crippen molar-refractivity contribution in [2.75, 3.05) is 0 Å². The lowest BCUT2D eigenvalue weighted by Gasteiger charge is -2.06. The van der Waals surface area contributed by atoms with Crippen LogP contribution in [-0.2, 0) is 19.4 Å². The fourth-order valence-electron chi connectivity index (χ4n) is 2.60. The van der Waals surface area contributed by atoms with Gasteiger partial charge in [-0.25, -0.2) is 4.98 Å². The van der Waals surface area contributed by atoms with E-state index in [0.29, 0.717) is 6.42 Å². The molecule has 0 fully saturated rings. The number of carbonyl (C=O) groups excluding carboxylic acids is 1. The van der Waals surface area contributed by atoms with Crippen LogP contribution in [-0.4, -0.2) is 15.3 Å². The molecule has 1 aliphatic rings. The lowest BCUT2D eigenvalue weighted by molar-refractivity contribution is 0.0994. The van der Waals surface area contributed by atoms with Crippen LogP contribution in [0, 0.1) is 0 Å². The molecular weight excluding hydrogens is 224 g/mol. The zero-order chi connectivity index (χ0) is 12.5. The van der Waals surface area contributed by atoms with Crippen molar-refractivity contribution >= 4 is 5.78 Å². The van der Waals surface area contributed by atoms with Crippen LogP contribution in [0.1, 0.15) is 40.7 Å². The highest BCUT2D eigenvalue weighted by atomic mass is 16.1. The number of hydrogen-bond acceptors (Lipinski definition) is 2. The molecule has 0 saturated carbocycles. The van der Waals surface area contributed by atoms with Crippen LogP contribution in [0.25, 0.3) is 0 Å². The van der Waals surface area contributed by atoms with Crippen molar-refractivity contribution in [3.05, 3.63) is 53.1 Å². The Bertz CT molecular complexity index is 598. The molecule has 3 nitrogen and oxygen atoms in total. The molecule has 18 heavy (non-hydrogen) atoms. The predicted molar refractivity (Wildman–Crippen MR) is 69.8 cm³/mol. The topological polar surface area (TPSA) is 34.9 Å². The second-order valence-corrected chi connectivity index (χ2v) is 4.72. The standard InChI is InChI=1S/C15H16N2O/c1-2-17-8-7-16-15(17)10-11-3-5-13-12(9-11)4-6-14(13)18/h3,5,7-9H,2,4,6,10H2,1H3. The highest BCUT2D eigenvalue weighted by Gasteiger charge is 2.19. The number of nitrogens with zero attached hydrogens (tertiary/aromatic N) is 2. The van der Waals surface area contributed by atoms with E-state index in [1.165, 1.54) is 11.1 Å². The van der Waals surface area contributed by atoms with Gasteiger partial charge in [0.1, 0.15) is 5.82 Å². The Balaban J connectivity index is 1.88. The number of rotatable bonds is 3. The highest BCUT2D eigenvalue weighted by Crippen LogP contribution is 2.23. The van der Waals surface area contributed by atoms with Gasteiger partial charge in [0, 0.05) is 37.3 Å². The van der Waals surface area contributed by atoms with Gasteiger partial charge >= 0.3 is 0 Å². The van der Waals surface area contributed by atoms with Crippen LogP contribution in [0.3, 0.4) is 0 Å². The van der Waals surface area contributed by atoms with E-state index >= 15 is 0 Å². The van der Waals surface area contributed by atoms with Gasteiger partial charge in [0.2, 0.25) is 0 Å². The second kappa shape index (κ2) is 4.41. The Kier molecular flexibility index (Phi) is 2.74. The molecule has 1 aromatic heterocycles. The van der Waals surface area contributed by atoms with E-state index in [1.807, 2.05) is 18.5 Å². The molecule has 0 atom stereocenters. The number of aryl methyl sites for hydroxylation is 2. The van der Waals surface area contributed by atoms with Crippen LogP contribution in [0.4, 0.5) is 0 Å². The van der Waals surface area contributed by atoms with Gasteiger partial charge in [-0.3, -0.25) is 4.79 Å². The van der Waals surface area contributed by atoms with E-state index in [2.05, 4.69) is 28.6 Å². The number of Topliss-reactive ketones (excluding diaryl/α,β-unsaturated/α-hetero) is 1. The fourth-order valence-corrected chi connectivity index (χ4v) is 2.60. The Morgan fingerprint density at radius 2 is 2.22 bits per heavy atom. The normalized spacial score (nSPS) is 13.9. The van der Waals surface area contributed by atoms with Crippen molar-refractivity contribution in [2.24, 2.45) is 0 Å². The molecule has 92 valence electrons. The summed E-state index contributed by atoms with van der Waals surface area (Å²) in [6, 6.07) is 6.19. The Morgan fingerprint density at radius 3 is 3.06 bits per heavy atom. The van der Waals surface area contributed by atoms with Gasteiger partial charge in [-0.1, -0.05) is 18.2 Å². The number of aromatic nitrogens is 2. The summed E-state index contributed by atoms with van der Waals surface area (Å²) in [7, 11) is 0. The van der Waals surface area contributed by atoms with Crippen molar-refractivity contribution in [1.29, 1.82) is 0 Å². The Morgan fingerprint density at radius 1 is 1.33 bits per heavy atom. The van der Waals surface area contributed by atoms with Gasteiger partial charge < -0.3 is 4.57 Å². The maximum absolute atomic E-state index is 11.6. The molecule has 1 heterocycles. The third-order valence-corrected chi connectivity index (χ3v) is 3.60. The van der Waals surface area contributed by atoms with E-state index in [0.717, 1.165) is 30.8 Å². The van der Waals surface area contributed by atoms with E-state index < -0.39 is 0 Å². The summed E-state index contributed by atoms with van der Waals surface area (Å²) < 4.78 is 2.15. The quantitative estimate of drug-likeness (QED) is 0.826. The minimum atomic E-state index is 0.284. The largest absolute Gasteiger partial charge is 0.335 e. The van der Waals surface area contributed by atoms with Crippen molar-refractivity contribution in [1.82, 2.24) is 9.55 Å². The molecule has 3 heteroatoms. The van der Waals surface area contributed by atoms with E-state index in [-0.39, 0.29) is 5.78 Å². The van der Waals surface area contributed by atoms with Crippen LogP contribution in [0.2, 0.25) is 0 Å². The van der Waals surface area contributed by atoms with Crippen LogP contribution >= 0.6 is 0 Å². The molecule has 0 spiro atoms. The fraction of sp³-hybridized carbons (Fsp3) is 0.333. The van der Waals surface area contributed by atoms with E-state index in [1.54, 1.807) is 0 Å². The molecular formula is C15H16N2O. The molecule has 0 amide bonds. The van der Waals surface area contributed by atoms with Gasteiger partial charge in [0.15, 0.2) is 5.78 Å². The molecule has 0 N–H and O–H groups in total. The van der Waals surface area contributed by atoms with E-state index in [9.17, 15) is 4.79 Å². The molecule has 1 aromatic carbocycles. The minimum absolute atomic E-state index is 0.284. The molecule has 2 aromatic rings. The lowest BCUT2D eigenvalue weighted by atomic mass is 10.0. The predicted octanol–water partition coefficient (Wildman–Crippen LogP) is 2.62. The molecule has 1 aliphatic carbocycles. The van der Waals surface area contributed by atoms with Gasteiger partial charge in [-0.2, -0.15) is 0 Å². The smallest absolute Gasteiger partial charge is 0.163 e. The number of imidazole rings is 1. The van der Waals surface area contributed by atoms with Crippen LogP contribution < -0.4 is 0 Å².